The molecule has 0 aromatic heterocycles. The summed E-state index contributed by atoms with van der Waals surface area (Å²) in [5.74, 6) is 0. The fourth-order valence-electron chi connectivity index (χ4n) is 2.88. The van der Waals surface area contributed by atoms with E-state index in [2.05, 4.69) is 35.3 Å². The first-order valence-corrected chi connectivity index (χ1v) is 7.78. The Kier molecular flexibility index (Phi) is 6.64. The van der Waals surface area contributed by atoms with Gasteiger partial charge in [-0.2, -0.15) is 0 Å². The van der Waals surface area contributed by atoms with Gasteiger partial charge in [0, 0.05) is 39.9 Å². The van der Waals surface area contributed by atoms with E-state index in [0.717, 1.165) is 45.8 Å². The zero-order valence-electron chi connectivity index (χ0n) is 13.5. The highest BCUT2D eigenvalue weighted by Crippen LogP contribution is 2.18. The molecule has 1 aliphatic rings. The van der Waals surface area contributed by atoms with Crippen LogP contribution in [0.2, 0.25) is 0 Å². The van der Waals surface area contributed by atoms with E-state index in [1.165, 1.54) is 16.7 Å². The molecule has 1 unspecified atom stereocenters. The normalized spacial score (nSPS) is 16.0. The number of methoxy groups -OCH3 is 2. The van der Waals surface area contributed by atoms with Gasteiger partial charge in [0.15, 0.2) is 0 Å². The predicted molar refractivity (Wildman–Crippen MR) is 85.5 cm³/mol. The van der Waals surface area contributed by atoms with E-state index < -0.39 is 0 Å². The summed E-state index contributed by atoms with van der Waals surface area (Å²) in [5.41, 5.74) is 4.31. The zero-order valence-corrected chi connectivity index (χ0v) is 13.5. The lowest BCUT2D eigenvalue weighted by Crippen LogP contribution is -2.38. The van der Waals surface area contributed by atoms with Crippen molar-refractivity contribution in [2.45, 2.75) is 32.5 Å². The monoisotopic (exact) mass is 292 g/mol. The van der Waals surface area contributed by atoms with Gasteiger partial charge < -0.3 is 14.8 Å². The number of rotatable bonds is 8. The first kappa shape index (κ1) is 16.4. The lowest BCUT2D eigenvalue weighted by Gasteiger charge is -2.29. The number of hydrogen-bond acceptors (Lipinski definition) is 4. The SMILES string of the molecule is COCCN(Cc1ccc2c(c1)CNCC2)C(C)COC. The highest BCUT2D eigenvalue weighted by Gasteiger charge is 2.15. The van der Waals surface area contributed by atoms with Gasteiger partial charge in [-0.3, -0.25) is 4.90 Å². The fourth-order valence-corrected chi connectivity index (χ4v) is 2.88. The second-order valence-electron chi connectivity index (χ2n) is 5.80. The number of nitrogens with one attached hydrogen (secondary N) is 1. The summed E-state index contributed by atoms with van der Waals surface area (Å²) in [4.78, 5) is 2.42. The number of ether oxygens (including phenoxy) is 2. The quantitative estimate of drug-likeness (QED) is 0.792. The van der Waals surface area contributed by atoms with Crippen LogP contribution in [0.4, 0.5) is 0 Å². The highest BCUT2D eigenvalue weighted by molar-refractivity contribution is 5.33. The second-order valence-corrected chi connectivity index (χ2v) is 5.80. The number of benzene rings is 1. The van der Waals surface area contributed by atoms with Crippen molar-refractivity contribution in [1.82, 2.24) is 10.2 Å². The van der Waals surface area contributed by atoms with E-state index in [1.54, 1.807) is 14.2 Å². The van der Waals surface area contributed by atoms with Crippen molar-refractivity contribution in [3.63, 3.8) is 0 Å². The fraction of sp³-hybridized carbons (Fsp3) is 0.647. The standard InChI is InChI=1S/C17H28N2O2/c1-14(13-21-3)19(8-9-20-2)12-15-4-5-16-6-7-18-11-17(16)10-15/h4-5,10,14,18H,6-9,11-13H2,1-3H3. The third kappa shape index (κ3) is 4.78. The van der Waals surface area contributed by atoms with Gasteiger partial charge in [-0.25, -0.2) is 0 Å². The Morgan fingerprint density at radius 2 is 2.10 bits per heavy atom. The second kappa shape index (κ2) is 8.49. The molecular formula is C17H28N2O2. The van der Waals surface area contributed by atoms with E-state index in [-0.39, 0.29) is 0 Å². The van der Waals surface area contributed by atoms with E-state index in [0.29, 0.717) is 6.04 Å². The van der Waals surface area contributed by atoms with Crippen molar-refractivity contribution in [3.05, 3.63) is 34.9 Å². The van der Waals surface area contributed by atoms with Gasteiger partial charge in [0.1, 0.15) is 0 Å². The van der Waals surface area contributed by atoms with Gasteiger partial charge in [0.25, 0.3) is 0 Å². The van der Waals surface area contributed by atoms with Crippen LogP contribution in [-0.2, 0) is 29.0 Å². The van der Waals surface area contributed by atoms with Crippen LogP contribution in [0.3, 0.4) is 0 Å². The predicted octanol–water partition coefficient (Wildman–Crippen LogP) is 1.82. The van der Waals surface area contributed by atoms with Gasteiger partial charge in [-0.15, -0.1) is 0 Å². The minimum atomic E-state index is 0.388. The van der Waals surface area contributed by atoms with Gasteiger partial charge in [0.05, 0.1) is 13.2 Å². The Morgan fingerprint density at radius 1 is 1.24 bits per heavy atom. The summed E-state index contributed by atoms with van der Waals surface area (Å²) in [6.07, 6.45) is 1.14. The van der Waals surface area contributed by atoms with Gasteiger partial charge in [0.2, 0.25) is 0 Å². The minimum absolute atomic E-state index is 0.388. The van der Waals surface area contributed by atoms with Crippen molar-refractivity contribution >= 4 is 0 Å². The molecule has 0 radical (unpaired) electrons. The van der Waals surface area contributed by atoms with Crippen molar-refractivity contribution < 1.29 is 9.47 Å². The smallest absolute Gasteiger partial charge is 0.0615 e. The topological polar surface area (TPSA) is 33.7 Å². The van der Waals surface area contributed by atoms with Crippen LogP contribution < -0.4 is 5.32 Å². The lowest BCUT2D eigenvalue weighted by molar-refractivity contribution is 0.0705. The molecule has 1 aliphatic heterocycles. The summed E-state index contributed by atoms with van der Waals surface area (Å²) in [6.45, 7) is 7.67. The molecule has 0 saturated heterocycles. The molecule has 4 nitrogen and oxygen atoms in total. The van der Waals surface area contributed by atoms with E-state index in [9.17, 15) is 0 Å². The van der Waals surface area contributed by atoms with Crippen LogP contribution in [-0.4, -0.2) is 51.5 Å². The maximum absolute atomic E-state index is 5.30. The minimum Gasteiger partial charge on any atom is -0.383 e. The Labute approximate surface area is 128 Å². The number of fused-ring (bicyclic) bond motifs is 1. The van der Waals surface area contributed by atoms with Crippen LogP contribution in [0.1, 0.15) is 23.6 Å². The average Bonchev–Trinajstić information content (AvgIpc) is 2.51. The molecule has 1 heterocycles. The molecule has 118 valence electrons. The van der Waals surface area contributed by atoms with Crippen LogP contribution in [0, 0.1) is 0 Å². The molecule has 0 saturated carbocycles. The molecule has 0 fully saturated rings. The molecule has 0 aliphatic carbocycles. The third-order valence-corrected chi connectivity index (χ3v) is 4.16. The van der Waals surface area contributed by atoms with Crippen molar-refractivity contribution in [2.75, 3.05) is 40.5 Å². The molecule has 1 N–H and O–H groups in total. The molecule has 1 atom stereocenters. The van der Waals surface area contributed by atoms with E-state index in [1.807, 2.05) is 0 Å². The molecule has 21 heavy (non-hydrogen) atoms. The molecule has 4 heteroatoms. The maximum Gasteiger partial charge on any atom is 0.0615 e. The van der Waals surface area contributed by atoms with E-state index >= 15 is 0 Å². The Bertz CT molecular complexity index is 437. The highest BCUT2D eigenvalue weighted by atomic mass is 16.5. The largest absolute Gasteiger partial charge is 0.383 e. The first-order chi connectivity index (χ1) is 10.2. The molecule has 2 rings (SSSR count). The Hall–Kier alpha value is -0.940. The van der Waals surface area contributed by atoms with Gasteiger partial charge in [-0.05, 0) is 36.6 Å². The lowest BCUT2D eigenvalue weighted by atomic mass is 9.98. The summed E-state index contributed by atoms with van der Waals surface area (Å²) < 4.78 is 10.5. The van der Waals surface area contributed by atoms with Gasteiger partial charge in [-0.1, -0.05) is 18.2 Å². The van der Waals surface area contributed by atoms with E-state index in [4.69, 9.17) is 9.47 Å². The van der Waals surface area contributed by atoms with Crippen molar-refractivity contribution in [3.8, 4) is 0 Å². The number of hydrogen-bond donors (Lipinski definition) is 1. The van der Waals surface area contributed by atoms with Gasteiger partial charge >= 0.3 is 0 Å². The molecule has 1 aromatic rings. The van der Waals surface area contributed by atoms with Crippen LogP contribution >= 0.6 is 0 Å². The van der Waals surface area contributed by atoms with Crippen molar-refractivity contribution in [2.24, 2.45) is 0 Å². The van der Waals surface area contributed by atoms with Crippen LogP contribution in [0.25, 0.3) is 0 Å². The maximum atomic E-state index is 5.30. The van der Waals surface area contributed by atoms with Crippen molar-refractivity contribution in [1.29, 1.82) is 0 Å². The summed E-state index contributed by atoms with van der Waals surface area (Å²) in [6, 6.07) is 7.30. The molecular weight excluding hydrogens is 264 g/mol. The van der Waals surface area contributed by atoms with Crippen LogP contribution in [0.15, 0.2) is 18.2 Å². The zero-order chi connectivity index (χ0) is 15.1. The molecule has 0 spiro atoms. The molecule has 0 amide bonds. The summed E-state index contributed by atoms with van der Waals surface area (Å²) in [7, 11) is 3.51. The molecule has 1 aromatic carbocycles. The summed E-state index contributed by atoms with van der Waals surface area (Å²) >= 11 is 0. The van der Waals surface area contributed by atoms with Crippen LogP contribution in [0.5, 0.6) is 0 Å². The Balaban J connectivity index is 2.04. The summed E-state index contributed by atoms with van der Waals surface area (Å²) in [5, 5.41) is 3.45. The average molecular weight is 292 g/mol. The Morgan fingerprint density at radius 3 is 2.86 bits per heavy atom. The number of nitrogens with zero attached hydrogens (tertiary/aromatic N) is 1. The first-order valence-electron chi connectivity index (χ1n) is 7.78. The third-order valence-electron chi connectivity index (χ3n) is 4.16. The molecule has 0 bridgehead atoms.